The first-order valence-corrected chi connectivity index (χ1v) is 9.03. The molecular weight excluding hydrogens is 296 g/mol. The molecule has 1 aliphatic carbocycles. The summed E-state index contributed by atoms with van der Waals surface area (Å²) in [6, 6.07) is 18.1. The number of aryl methyl sites for hydroxylation is 1. The van der Waals surface area contributed by atoms with Gasteiger partial charge in [0.15, 0.2) is 0 Å². The van der Waals surface area contributed by atoms with Gasteiger partial charge < -0.3 is 9.64 Å². The topological polar surface area (TPSA) is 15.7 Å². The van der Waals surface area contributed by atoms with E-state index in [1.54, 1.807) is 18.2 Å². The van der Waals surface area contributed by atoms with Crippen molar-refractivity contribution in [2.75, 3.05) is 38.2 Å². The highest BCUT2D eigenvalue weighted by Crippen LogP contribution is 2.27. The molecule has 0 spiro atoms. The van der Waals surface area contributed by atoms with Gasteiger partial charge in [-0.25, -0.2) is 0 Å². The van der Waals surface area contributed by atoms with Crippen molar-refractivity contribution in [2.45, 2.75) is 25.3 Å². The predicted molar refractivity (Wildman–Crippen MR) is 99.0 cm³/mol. The van der Waals surface area contributed by atoms with Crippen LogP contribution in [0.15, 0.2) is 48.5 Å². The van der Waals surface area contributed by atoms with E-state index in [0.29, 0.717) is 6.04 Å². The summed E-state index contributed by atoms with van der Waals surface area (Å²) in [4.78, 5) is 5.18. The Labute approximate surface area is 144 Å². The number of fused-ring (bicyclic) bond motifs is 1. The summed E-state index contributed by atoms with van der Waals surface area (Å²) in [5.74, 6) is 0.943. The molecule has 0 unspecified atom stereocenters. The maximum Gasteiger partial charge on any atom is 0.120 e. The van der Waals surface area contributed by atoms with Crippen LogP contribution in [0.2, 0.25) is 0 Å². The molecule has 1 aliphatic heterocycles. The molecular formula is C21H26N2O. The van der Waals surface area contributed by atoms with E-state index in [0.717, 1.165) is 31.9 Å². The summed E-state index contributed by atoms with van der Waals surface area (Å²) in [7, 11) is 1.73. The molecule has 1 saturated heterocycles. The van der Waals surface area contributed by atoms with E-state index in [4.69, 9.17) is 4.74 Å². The van der Waals surface area contributed by atoms with E-state index >= 15 is 0 Å². The highest BCUT2D eigenvalue weighted by molar-refractivity contribution is 5.51. The first-order chi connectivity index (χ1) is 11.8. The molecule has 0 amide bonds. The molecule has 2 aromatic rings. The monoisotopic (exact) mass is 322 g/mol. The van der Waals surface area contributed by atoms with Crippen LogP contribution in [0, 0.1) is 0 Å². The Hall–Kier alpha value is -2.00. The zero-order chi connectivity index (χ0) is 16.4. The standard InChI is InChI=1S/C21H26N2O/c1-24-21-8-4-7-19(16-21)22-11-13-23(14-12-22)20-10-9-17-5-2-3-6-18(17)15-20/h2-8,16,20H,9-15H2,1H3/t20-/m0/s1. The number of benzene rings is 2. The number of hydrogen-bond donors (Lipinski definition) is 0. The second-order valence-corrected chi connectivity index (χ2v) is 6.89. The Morgan fingerprint density at radius 3 is 2.50 bits per heavy atom. The normalized spacial score (nSPS) is 21.4. The first-order valence-electron chi connectivity index (χ1n) is 9.03. The SMILES string of the molecule is COc1cccc(N2CCN([C@H]3CCc4ccccc4C3)CC2)c1. The Balaban J connectivity index is 1.38. The second kappa shape index (κ2) is 6.86. The lowest BCUT2D eigenvalue weighted by atomic mass is 9.87. The zero-order valence-electron chi connectivity index (χ0n) is 14.4. The highest BCUT2D eigenvalue weighted by Gasteiger charge is 2.27. The summed E-state index contributed by atoms with van der Waals surface area (Å²) >= 11 is 0. The van der Waals surface area contributed by atoms with Gasteiger partial charge >= 0.3 is 0 Å². The van der Waals surface area contributed by atoms with Crippen molar-refractivity contribution in [2.24, 2.45) is 0 Å². The summed E-state index contributed by atoms with van der Waals surface area (Å²) < 4.78 is 5.36. The molecule has 4 rings (SSSR count). The van der Waals surface area contributed by atoms with Crippen molar-refractivity contribution in [3.05, 3.63) is 59.7 Å². The number of rotatable bonds is 3. The minimum absolute atomic E-state index is 0.715. The van der Waals surface area contributed by atoms with Gasteiger partial charge in [0.2, 0.25) is 0 Å². The minimum Gasteiger partial charge on any atom is -0.497 e. The van der Waals surface area contributed by atoms with Gasteiger partial charge in [0.25, 0.3) is 0 Å². The summed E-state index contributed by atoms with van der Waals surface area (Å²) in [6.07, 6.45) is 3.75. The molecule has 0 saturated carbocycles. The van der Waals surface area contributed by atoms with Gasteiger partial charge in [0.05, 0.1) is 7.11 Å². The van der Waals surface area contributed by atoms with Crippen molar-refractivity contribution in [1.82, 2.24) is 4.90 Å². The highest BCUT2D eigenvalue weighted by atomic mass is 16.5. The second-order valence-electron chi connectivity index (χ2n) is 6.89. The van der Waals surface area contributed by atoms with Crippen LogP contribution in [0.4, 0.5) is 5.69 Å². The number of hydrogen-bond acceptors (Lipinski definition) is 3. The van der Waals surface area contributed by atoms with E-state index in [1.165, 1.54) is 24.9 Å². The van der Waals surface area contributed by atoms with Crippen molar-refractivity contribution >= 4 is 5.69 Å². The molecule has 0 bridgehead atoms. The van der Waals surface area contributed by atoms with Crippen molar-refractivity contribution in [1.29, 1.82) is 0 Å². The third-order valence-corrected chi connectivity index (χ3v) is 5.57. The number of methoxy groups -OCH3 is 1. The van der Waals surface area contributed by atoms with Gasteiger partial charge in [-0.15, -0.1) is 0 Å². The average Bonchev–Trinajstić information content (AvgIpc) is 2.68. The van der Waals surface area contributed by atoms with Crippen LogP contribution in [0.5, 0.6) is 5.75 Å². The lowest BCUT2D eigenvalue weighted by molar-refractivity contribution is 0.170. The van der Waals surface area contributed by atoms with E-state index in [1.807, 2.05) is 6.07 Å². The van der Waals surface area contributed by atoms with Crippen LogP contribution in [0.3, 0.4) is 0 Å². The Kier molecular flexibility index (Phi) is 4.44. The predicted octanol–water partition coefficient (Wildman–Crippen LogP) is 3.37. The molecule has 3 nitrogen and oxygen atoms in total. The van der Waals surface area contributed by atoms with E-state index in [-0.39, 0.29) is 0 Å². The molecule has 0 aromatic heterocycles. The summed E-state index contributed by atoms with van der Waals surface area (Å²) in [5.41, 5.74) is 4.40. The molecule has 1 heterocycles. The molecule has 1 fully saturated rings. The molecule has 2 aliphatic rings. The van der Waals surface area contributed by atoms with Gasteiger partial charge in [-0.1, -0.05) is 30.3 Å². The van der Waals surface area contributed by atoms with Crippen molar-refractivity contribution < 1.29 is 4.74 Å². The number of ether oxygens (including phenoxy) is 1. The third-order valence-electron chi connectivity index (χ3n) is 5.57. The molecule has 3 heteroatoms. The Morgan fingerprint density at radius 1 is 0.917 bits per heavy atom. The van der Waals surface area contributed by atoms with Gasteiger partial charge in [0.1, 0.15) is 5.75 Å². The Morgan fingerprint density at radius 2 is 1.71 bits per heavy atom. The zero-order valence-corrected chi connectivity index (χ0v) is 14.4. The summed E-state index contributed by atoms with van der Waals surface area (Å²) in [6.45, 7) is 4.52. The largest absolute Gasteiger partial charge is 0.497 e. The van der Waals surface area contributed by atoms with Crippen molar-refractivity contribution in [3.63, 3.8) is 0 Å². The van der Waals surface area contributed by atoms with E-state index in [9.17, 15) is 0 Å². The quantitative estimate of drug-likeness (QED) is 0.862. The molecule has 0 radical (unpaired) electrons. The molecule has 126 valence electrons. The van der Waals surface area contributed by atoms with Gasteiger partial charge in [-0.3, -0.25) is 4.90 Å². The molecule has 24 heavy (non-hydrogen) atoms. The lowest BCUT2D eigenvalue weighted by Gasteiger charge is -2.42. The number of anilines is 1. The fourth-order valence-electron chi connectivity index (χ4n) is 4.14. The first kappa shape index (κ1) is 15.5. The molecule has 0 N–H and O–H groups in total. The fraction of sp³-hybridized carbons (Fsp3) is 0.429. The van der Waals surface area contributed by atoms with Crippen LogP contribution in [-0.4, -0.2) is 44.2 Å². The van der Waals surface area contributed by atoms with Gasteiger partial charge in [-0.2, -0.15) is 0 Å². The smallest absolute Gasteiger partial charge is 0.120 e. The Bertz CT molecular complexity index is 692. The van der Waals surface area contributed by atoms with Crippen LogP contribution < -0.4 is 9.64 Å². The van der Waals surface area contributed by atoms with Crippen LogP contribution in [0.1, 0.15) is 17.5 Å². The fourth-order valence-corrected chi connectivity index (χ4v) is 4.14. The third kappa shape index (κ3) is 3.13. The van der Waals surface area contributed by atoms with Crippen LogP contribution in [0.25, 0.3) is 0 Å². The molecule has 1 atom stereocenters. The maximum atomic E-state index is 5.36. The van der Waals surface area contributed by atoms with Gasteiger partial charge in [-0.05, 0) is 42.5 Å². The van der Waals surface area contributed by atoms with Crippen LogP contribution >= 0.6 is 0 Å². The van der Waals surface area contributed by atoms with E-state index in [2.05, 4.69) is 52.3 Å². The minimum atomic E-state index is 0.715. The van der Waals surface area contributed by atoms with Crippen LogP contribution in [-0.2, 0) is 12.8 Å². The van der Waals surface area contributed by atoms with Crippen molar-refractivity contribution in [3.8, 4) is 5.75 Å². The maximum absolute atomic E-state index is 5.36. The van der Waals surface area contributed by atoms with E-state index < -0.39 is 0 Å². The summed E-state index contributed by atoms with van der Waals surface area (Å²) in [5, 5.41) is 0. The lowest BCUT2D eigenvalue weighted by Crippen LogP contribution is -2.51. The number of nitrogens with zero attached hydrogens (tertiary/aromatic N) is 2. The number of piperazine rings is 1. The average molecular weight is 322 g/mol. The van der Waals surface area contributed by atoms with Gasteiger partial charge in [0, 0.05) is 44.0 Å². The molecule has 2 aromatic carbocycles.